The molecule has 1 aliphatic carbocycles. The molecule has 0 spiro atoms. The Bertz CT molecular complexity index is 669. The number of benzene rings is 1. The number of halogens is 1. The van der Waals surface area contributed by atoms with Gasteiger partial charge in [0.05, 0.1) is 0 Å². The molecule has 5 nitrogen and oxygen atoms in total. The average Bonchev–Trinajstić information content (AvgIpc) is 2.94. The van der Waals surface area contributed by atoms with Crippen LogP contribution in [0.2, 0.25) is 0 Å². The number of rotatable bonds is 4. The van der Waals surface area contributed by atoms with Gasteiger partial charge in [-0.15, -0.1) is 0 Å². The zero-order valence-corrected chi connectivity index (χ0v) is 12.6. The van der Waals surface area contributed by atoms with Crippen molar-refractivity contribution in [1.82, 2.24) is 4.31 Å². The highest BCUT2D eigenvalue weighted by Gasteiger charge is 2.37. The van der Waals surface area contributed by atoms with Gasteiger partial charge in [-0.3, -0.25) is 0 Å². The van der Waals surface area contributed by atoms with E-state index in [1.165, 1.54) is 23.5 Å². The Morgan fingerprint density at radius 1 is 1.48 bits per heavy atom. The quantitative estimate of drug-likeness (QED) is 0.911. The molecule has 0 heterocycles. The molecular formula is C14H18FN3O2S. The standard InChI is InChI=1S/C14H18FN3O2S/c1-18(13-6-2-4-10(13)8-16)21(19,20)14-7-3-5-12(15)11(14)9-17/h3,5,7,10,13H,2,4,6,8,16H2,1H3. The molecule has 2 atom stereocenters. The molecule has 0 aromatic heterocycles. The summed E-state index contributed by atoms with van der Waals surface area (Å²) in [6.07, 6.45) is 2.53. The van der Waals surface area contributed by atoms with E-state index in [2.05, 4.69) is 0 Å². The van der Waals surface area contributed by atoms with Crippen molar-refractivity contribution in [1.29, 1.82) is 5.26 Å². The minimum absolute atomic E-state index is 0.101. The Morgan fingerprint density at radius 2 is 2.19 bits per heavy atom. The molecule has 2 rings (SSSR count). The number of nitriles is 1. The molecular weight excluding hydrogens is 293 g/mol. The van der Waals surface area contributed by atoms with Crippen LogP contribution in [0.5, 0.6) is 0 Å². The fraction of sp³-hybridized carbons (Fsp3) is 0.500. The highest BCUT2D eigenvalue weighted by atomic mass is 32.2. The van der Waals surface area contributed by atoms with Gasteiger partial charge in [0.15, 0.2) is 0 Å². The molecule has 0 bridgehead atoms. The third-order valence-corrected chi connectivity index (χ3v) is 6.06. The lowest BCUT2D eigenvalue weighted by molar-refractivity contribution is 0.304. The maximum absolute atomic E-state index is 13.6. The van der Waals surface area contributed by atoms with Gasteiger partial charge in [0.1, 0.15) is 22.3 Å². The molecule has 2 N–H and O–H groups in total. The summed E-state index contributed by atoms with van der Waals surface area (Å²) in [5, 5.41) is 9.01. The first kappa shape index (κ1) is 15.9. The van der Waals surface area contributed by atoms with Crippen molar-refractivity contribution in [2.24, 2.45) is 11.7 Å². The summed E-state index contributed by atoms with van der Waals surface area (Å²) < 4.78 is 40.2. The van der Waals surface area contributed by atoms with E-state index in [-0.39, 0.29) is 16.9 Å². The Labute approximate surface area is 124 Å². The molecule has 7 heteroatoms. The van der Waals surface area contributed by atoms with Crippen LogP contribution in [0, 0.1) is 23.1 Å². The van der Waals surface area contributed by atoms with Crippen LogP contribution < -0.4 is 5.73 Å². The van der Waals surface area contributed by atoms with Crippen molar-refractivity contribution in [2.75, 3.05) is 13.6 Å². The van der Waals surface area contributed by atoms with Crippen LogP contribution in [0.1, 0.15) is 24.8 Å². The van der Waals surface area contributed by atoms with Gasteiger partial charge in [-0.05, 0) is 37.4 Å². The van der Waals surface area contributed by atoms with E-state index in [1.54, 1.807) is 6.07 Å². The van der Waals surface area contributed by atoms with Crippen LogP contribution in [0.3, 0.4) is 0 Å². The van der Waals surface area contributed by atoms with E-state index in [1.807, 2.05) is 0 Å². The Balaban J connectivity index is 2.43. The minimum Gasteiger partial charge on any atom is -0.330 e. The maximum Gasteiger partial charge on any atom is 0.244 e. The highest BCUT2D eigenvalue weighted by molar-refractivity contribution is 7.89. The Hall–Kier alpha value is -1.49. The van der Waals surface area contributed by atoms with Crippen molar-refractivity contribution in [3.8, 4) is 6.07 Å². The van der Waals surface area contributed by atoms with Gasteiger partial charge in [-0.2, -0.15) is 9.57 Å². The van der Waals surface area contributed by atoms with Gasteiger partial charge in [-0.25, -0.2) is 12.8 Å². The normalized spacial score (nSPS) is 22.4. The van der Waals surface area contributed by atoms with Crippen LogP contribution >= 0.6 is 0 Å². The summed E-state index contributed by atoms with van der Waals surface area (Å²) in [5.41, 5.74) is 5.25. The summed E-state index contributed by atoms with van der Waals surface area (Å²) in [5.74, 6) is -0.724. The molecule has 114 valence electrons. The summed E-state index contributed by atoms with van der Waals surface area (Å²) >= 11 is 0. The van der Waals surface area contributed by atoms with E-state index in [9.17, 15) is 12.8 Å². The van der Waals surface area contributed by atoms with E-state index in [4.69, 9.17) is 11.0 Å². The van der Waals surface area contributed by atoms with Crippen LogP contribution in [-0.2, 0) is 10.0 Å². The minimum atomic E-state index is -3.92. The first-order valence-electron chi connectivity index (χ1n) is 6.80. The fourth-order valence-electron chi connectivity index (χ4n) is 2.93. The molecule has 0 aliphatic heterocycles. The fourth-order valence-corrected chi connectivity index (χ4v) is 4.53. The first-order chi connectivity index (χ1) is 9.93. The first-order valence-corrected chi connectivity index (χ1v) is 8.24. The number of sulfonamides is 1. The number of hydrogen-bond acceptors (Lipinski definition) is 4. The molecule has 1 fully saturated rings. The molecule has 1 saturated carbocycles. The van der Waals surface area contributed by atoms with Crippen molar-refractivity contribution >= 4 is 10.0 Å². The summed E-state index contributed by atoms with van der Waals surface area (Å²) in [6.45, 7) is 0.415. The van der Waals surface area contributed by atoms with Crippen LogP contribution in [0.25, 0.3) is 0 Å². The molecule has 0 radical (unpaired) electrons. The van der Waals surface area contributed by atoms with E-state index < -0.39 is 21.4 Å². The zero-order valence-electron chi connectivity index (χ0n) is 11.8. The van der Waals surface area contributed by atoms with E-state index in [0.717, 1.165) is 25.3 Å². The summed E-state index contributed by atoms with van der Waals surface area (Å²) in [6, 6.07) is 5.08. The van der Waals surface area contributed by atoms with Crippen LogP contribution in [0.4, 0.5) is 4.39 Å². The van der Waals surface area contributed by atoms with Gasteiger partial charge >= 0.3 is 0 Å². The van der Waals surface area contributed by atoms with Gasteiger partial charge in [0.2, 0.25) is 10.0 Å². The third-order valence-electron chi connectivity index (χ3n) is 4.13. The molecule has 0 amide bonds. The molecule has 2 unspecified atom stereocenters. The van der Waals surface area contributed by atoms with Crippen LogP contribution in [0.15, 0.2) is 23.1 Å². The predicted octanol–water partition coefficient (Wildman–Crippen LogP) is 1.45. The number of nitrogens with zero attached hydrogens (tertiary/aromatic N) is 2. The van der Waals surface area contributed by atoms with Gasteiger partial charge in [-0.1, -0.05) is 12.5 Å². The molecule has 1 aromatic carbocycles. The Morgan fingerprint density at radius 3 is 2.81 bits per heavy atom. The smallest absolute Gasteiger partial charge is 0.244 e. The summed E-state index contributed by atoms with van der Waals surface area (Å²) in [7, 11) is -2.44. The lowest BCUT2D eigenvalue weighted by Crippen LogP contribution is -2.41. The van der Waals surface area contributed by atoms with E-state index in [0.29, 0.717) is 6.54 Å². The monoisotopic (exact) mass is 311 g/mol. The lowest BCUT2D eigenvalue weighted by Gasteiger charge is -2.28. The van der Waals surface area contributed by atoms with Gasteiger partial charge in [0, 0.05) is 13.1 Å². The largest absolute Gasteiger partial charge is 0.330 e. The predicted molar refractivity (Wildman–Crippen MR) is 76.2 cm³/mol. The van der Waals surface area contributed by atoms with E-state index >= 15 is 0 Å². The average molecular weight is 311 g/mol. The van der Waals surface area contributed by atoms with Crippen molar-refractivity contribution in [2.45, 2.75) is 30.2 Å². The van der Waals surface area contributed by atoms with Crippen molar-refractivity contribution in [3.05, 3.63) is 29.6 Å². The summed E-state index contributed by atoms with van der Waals surface area (Å²) in [4.78, 5) is -0.282. The second-order valence-electron chi connectivity index (χ2n) is 5.24. The second kappa shape index (κ2) is 6.10. The lowest BCUT2D eigenvalue weighted by atomic mass is 10.0. The maximum atomic E-state index is 13.6. The van der Waals surface area contributed by atoms with Gasteiger partial charge < -0.3 is 5.73 Å². The van der Waals surface area contributed by atoms with Crippen LogP contribution in [-0.4, -0.2) is 32.4 Å². The number of hydrogen-bond donors (Lipinski definition) is 1. The molecule has 1 aromatic rings. The Kier molecular flexibility index (Phi) is 4.61. The van der Waals surface area contributed by atoms with Gasteiger partial charge in [0.25, 0.3) is 0 Å². The highest BCUT2D eigenvalue weighted by Crippen LogP contribution is 2.32. The molecule has 21 heavy (non-hydrogen) atoms. The topological polar surface area (TPSA) is 87.2 Å². The third kappa shape index (κ3) is 2.79. The number of nitrogens with two attached hydrogens (primary N) is 1. The van der Waals surface area contributed by atoms with Crippen molar-refractivity contribution < 1.29 is 12.8 Å². The zero-order chi connectivity index (χ0) is 15.6. The van der Waals surface area contributed by atoms with Crippen molar-refractivity contribution in [3.63, 3.8) is 0 Å². The molecule has 0 saturated heterocycles. The SMILES string of the molecule is CN(C1CCCC1CN)S(=O)(=O)c1cccc(F)c1C#N. The second-order valence-corrected chi connectivity index (χ2v) is 7.21. The molecule has 1 aliphatic rings.